The van der Waals surface area contributed by atoms with Crippen molar-refractivity contribution < 1.29 is 9.53 Å². The first-order valence-electron chi connectivity index (χ1n) is 7.69. The SMILES string of the molecule is Cc1ccccc1OCC(C)(C)NC(=O)C1C2CNCC21. The molecule has 2 unspecified atom stereocenters. The van der Waals surface area contributed by atoms with Gasteiger partial charge in [0, 0.05) is 5.92 Å². The first kappa shape index (κ1) is 14.4. The third-order valence-electron chi connectivity index (χ3n) is 4.54. The molecule has 2 N–H and O–H groups in total. The van der Waals surface area contributed by atoms with Crippen LogP contribution in [0.3, 0.4) is 0 Å². The van der Waals surface area contributed by atoms with Crippen LogP contribution in [0.5, 0.6) is 5.75 Å². The van der Waals surface area contributed by atoms with Gasteiger partial charge in [0.1, 0.15) is 12.4 Å². The Morgan fingerprint density at radius 3 is 2.67 bits per heavy atom. The number of fused-ring (bicyclic) bond motifs is 1. The normalized spacial score (nSPS) is 27.1. The summed E-state index contributed by atoms with van der Waals surface area (Å²) in [5.74, 6) is 2.39. The predicted octanol–water partition coefficient (Wildman–Crippen LogP) is 1.73. The molecule has 1 saturated carbocycles. The molecule has 1 aromatic carbocycles. The summed E-state index contributed by atoms with van der Waals surface area (Å²) in [4.78, 5) is 12.3. The number of carbonyl (C=O) groups is 1. The fraction of sp³-hybridized carbons (Fsp3) is 0.588. The van der Waals surface area contributed by atoms with Gasteiger partial charge in [0.25, 0.3) is 0 Å². The first-order valence-corrected chi connectivity index (χ1v) is 7.69. The number of amides is 1. The Balaban J connectivity index is 1.52. The molecule has 114 valence electrons. The van der Waals surface area contributed by atoms with Crippen LogP contribution in [0.25, 0.3) is 0 Å². The molecule has 2 atom stereocenters. The van der Waals surface area contributed by atoms with Gasteiger partial charge in [-0.05, 0) is 57.3 Å². The molecule has 4 nitrogen and oxygen atoms in total. The van der Waals surface area contributed by atoms with E-state index in [0.29, 0.717) is 18.4 Å². The summed E-state index contributed by atoms with van der Waals surface area (Å²) < 4.78 is 5.87. The summed E-state index contributed by atoms with van der Waals surface area (Å²) in [6.45, 7) is 8.51. The molecule has 0 radical (unpaired) electrons. The monoisotopic (exact) mass is 288 g/mol. The maximum atomic E-state index is 12.3. The van der Waals surface area contributed by atoms with E-state index in [0.717, 1.165) is 24.4 Å². The van der Waals surface area contributed by atoms with Crippen LogP contribution in [0.4, 0.5) is 0 Å². The Labute approximate surface area is 126 Å². The van der Waals surface area contributed by atoms with E-state index in [1.807, 2.05) is 45.0 Å². The van der Waals surface area contributed by atoms with E-state index < -0.39 is 0 Å². The molecule has 1 saturated heterocycles. The minimum absolute atomic E-state index is 0.185. The largest absolute Gasteiger partial charge is 0.491 e. The summed E-state index contributed by atoms with van der Waals surface area (Å²) in [6.07, 6.45) is 0. The lowest BCUT2D eigenvalue weighted by molar-refractivity contribution is -0.125. The van der Waals surface area contributed by atoms with Crippen LogP contribution >= 0.6 is 0 Å². The molecule has 21 heavy (non-hydrogen) atoms. The van der Waals surface area contributed by atoms with E-state index in [1.165, 1.54) is 0 Å². The zero-order valence-electron chi connectivity index (χ0n) is 13.0. The first-order chi connectivity index (χ1) is 9.98. The summed E-state index contributed by atoms with van der Waals surface area (Å²) in [6, 6.07) is 7.95. The fourth-order valence-corrected chi connectivity index (χ4v) is 3.24. The molecule has 2 aliphatic rings. The van der Waals surface area contributed by atoms with Crippen molar-refractivity contribution in [2.24, 2.45) is 17.8 Å². The van der Waals surface area contributed by atoms with E-state index in [1.54, 1.807) is 0 Å². The molecule has 0 spiro atoms. The lowest BCUT2D eigenvalue weighted by Gasteiger charge is -2.27. The number of hydrogen-bond acceptors (Lipinski definition) is 3. The Kier molecular flexibility index (Phi) is 3.66. The standard InChI is InChI=1S/C17H24N2O2/c1-11-6-4-5-7-14(11)21-10-17(2,3)19-16(20)15-12-8-18-9-13(12)15/h4-7,12-13,15,18H,8-10H2,1-3H3,(H,19,20). The minimum Gasteiger partial charge on any atom is -0.491 e. The van der Waals surface area contributed by atoms with Gasteiger partial charge in [-0.1, -0.05) is 18.2 Å². The lowest BCUT2D eigenvalue weighted by atomic mass is 10.1. The molecule has 4 heteroatoms. The molecule has 2 fully saturated rings. The highest BCUT2D eigenvalue weighted by Gasteiger charge is 2.57. The second kappa shape index (κ2) is 5.34. The highest BCUT2D eigenvalue weighted by atomic mass is 16.5. The highest BCUT2D eigenvalue weighted by Crippen LogP contribution is 2.48. The molecule has 0 aromatic heterocycles. The number of ether oxygens (including phenoxy) is 1. The van der Waals surface area contributed by atoms with Gasteiger partial charge in [0.15, 0.2) is 0 Å². The predicted molar refractivity (Wildman–Crippen MR) is 82.2 cm³/mol. The average molecular weight is 288 g/mol. The van der Waals surface area contributed by atoms with Gasteiger partial charge >= 0.3 is 0 Å². The van der Waals surface area contributed by atoms with E-state index in [2.05, 4.69) is 10.6 Å². The summed E-state index contributed by atoms with van der Waals surface area (Å²) in [7, 11) is 0. The second-order valence-corrected chi connectivity index (χ2v) is 6.94. The van der Waals surface area contributed by atoms with Gasteiger partial charge in [-0.3, -0.25) is 4.79 Å². The molecule has 3 rings (SSSR count). The molecule has 0 bridgehead atoms. The molecule has 1 aromatic rings. The number of para-hydroxylation sites is 1. The van der Waals surface area contributed by atoms with Gasteiger partial charge in [0.05, 0.1) is 5.54 Å². The zero-order valence-corrected chi connectivity index (χ0v) is 13.0. The third-order valence-corrected chi connectivity index (χ3v) is 4.54. The van der Waals surface area contributed by atoms with Crippen LogP contribution in [0.1, 0.15) is 19.4 Å². The maximum absolute atomic E-state index is 12.3. The number of benzene rings is 1. The molecular weight excluding hydrogens is 264 g/mol. The van der Waals surface area contributed by atoms with E-state index in [4.69, 9.17) is 4.74 Å². The quantitative estimate of drug-likeness (QED) is 0.867. The van der Waals surface area contributed by atoms with Gasteiger partial charge in [-0.25, -0.2) is 0 Å². The van der Waals surface area contributed by atoms with Gasteiger partial charge in [0.2, 0.25) is 5.91 Å². The van der Waals surface area contributed by atoms with Gasteiger partial charge in [-0.2, -0.15) is 0 Å². The van der Waals surface area contributed by atoms with Crippen molar-refractivity contribution in [3.8, 4) is 5.75 Å². The smallest absolute Gasteiger partial charge is 0.224 e. The molecular formula is C17H24N2O2. The molecule has 1 amide bonds. The van der Waals surface area contributed by atoms with Crippen molar-refractivity contribution in [2.45, 2.75) is 26.3 Å². The second-order valence-electron chi connectivity index (χ2n) is 6.94. The van der Waals surface area contributed by atoms with Crippen molar-refractivity contribution in [2.75, 3.05) is 19.7 Å². The maximum Gasteiger partial charge on any atom is 0.224 e. The van der Waals surface area contributed by atoms with Crippen molar-refractivity contribution in [3.05, 3.63) is 29.8 Å². The number of nitrogens with one attached hydrogen (secondary N) is 2. The van der Waals surface area contributed by atoms with Gasteiger partial charge < -0.3 is 15.4 Å². The molecule has 1 aliphatic carbocycles. The van der Waals surface area contributed by atoms with Crippen molar-refractivity contribution >= 4 is 5.91 Å². The van der Waals surface area contributed by atoms with E-state index >= 15 is 0 Å². The van der Waals surface area contributed by atoms with Gasteiger partial charge in [-0.15, -0.1) is 0 Å². The van der Waals surface area contributed by atoms with Crippen LogP contribution in [0.2, 0.25) is 0 Å². The molecule has 1 heterocycles. The molecule has 1 aliphatic heterocycles. The summed E-state index contributed by atoms with van der Waals surface area (Å²) in [5.41, 5.74) is 0.756. The van der Waals surface area contributed by atoms with Crippen molar-refractivity contribution in [1.29, 1.82) is 0 Å². The summed E-state index contributed by atoms with van der Waals surface area (Å²) >= 11 is 0. The number of rotatable bonds is 5. The topological polar surface area (TPSA) is 50.4 Å². The summed E-state index contributed by atoms with van der Waals surface area (Å²) in [5, 5.41) is 6.46. The Bertz CT molecular complexity index is 531. The number of aryl methyl sites for hydroxylation is 1. The Morgan fingerprint density at radius 2 is 2.00 bits per heavy atom. The van der Waals surface area contributed by atoms with Crippen molar-refractivity contribution in [3.63, 3.8) is 0 Å². The van der Waals surface area contributed by atoms with Crippen LogP contribution in [0, 0.1) is 24.7 Å². The van der Waals surface area contributed by atoms with Crippen LogP contribution in [-0.4, -0.2) is 31.1 Å². The number of piperidine rings is 1. The van der Waals surface area contributed by atoms with Crippen LogP contribution in [0.15, 0.2) is 24.3 Å². The lowest BCUT2D eigenvalue weighted by Crippen LogP contribution is -2.49. The third kappa shape index (κ3) is 3.05. The Morgan fingerprint density at radius 1 is 1.33 bits per heavy atom. The van der Waals surface area contributed by atoms with Crippen molar-refractivity contribution in [1.82, 2.24) is 10.6 Å². The van der Waals surface area contributed by atoms with E-state index in [9.17, 15) is 4.79 Å². The fourth-order valence-electron chi connectivity index (χ4n) is 3.24. The van der Waals surface area contributed by atoms with Crippen LogP contribution < -0.4 is 15.4 Å². The number of carbonyl (C=O) groups excluding carboxylic acids is 1. The van der Waals surface area contributed by atoms with E-state index in [-0.39, 0.29) is 17.4 Å². The average Bonchev–Trinajstić information content (AvgIpc) is 2.92. The number of hydrogen-bond donors (Lipinski definition) is 2. The zero-order chi connectivity index (χ0) is 15.0. The van der Waals surface area contributed by atoms with Crippen LogP contribution in [-0.2, 0) is 4.79 Å². The highest BCUT2D eigenvalue weighted by molar-refractivity contribution is 5.83. The Hall–Kier alpha value is -1.55. The minimum atomic E-state index is -0.357.